The van der Waals surface area contributed by atoms with Crippen molar-refractivity contribution in [3.05, 3.63) is 62.2 Å². The van der Waals surface area contributed by atoms with Gasteiger partial charge >= 0.3 is 5.97 Å². The van der Waals surface area contributed by atoms with Crippen LogP contribution >= 0.6 is 0 Å². The number of anilines is 1. The number of rotatable bonds is 6. The maximum Gasteiger partial charge on any atom is 0.340 e. The highest BCUT2D eigenvalue weighted by Gasteiger charge is 2.32. The Morgan fingerprint density at radius 3 is 2.52 bits per heavy atom. The fourth-order valence-corrected chi connectivity index (χ4v) is 3.07. The molecular weight excluding hydrogens is 386 g/mol. The standard InChI is InChI=1S/C18H17N3O8/c1-19(9-12-10-28-15-5-3-4-6-16(15)29-12)17-13(18(22)27-2)7-11(20(23)24)8-14(17)21(25)26/h3-8,12H,9-10H2,1-2H3. The summed E-state index contributed by atoms with van der Waals surface area (Å²) >= 11 is 0. The number of nitro groups is 2. The summed E-state index contributed by atoms with van der Waals surface area (Å²) in [6, 6.07) is 8.84. The molecule has 29 heavy (non-hydrogen) atoms. The third kappa shape index (κ3) is 4.03. The minimum Gasteiger partial charge on any atom is -0.486 e. The number of fused-ring (bicyclic) bond motifs is 1. The number of para-hydroxylation sites is 2. The Hall–Kier alpha value is -3.89. The van der Waals surface area contributed by atoms with Gasteiger partial charge in [0, 0.05) is 13.1 Å². The number of likely N-dealkylation sites (N-methyl/N-ethyl adjacent to an activating group) is 1. The van der Waals surface area contributed by atoms with Gasteiger partial charge in [-0.15, -0.1) is 0 Å². The van der Waals surface area contributed by atoms with E-state index in [2.05, 4.69) is 4.74 Å². The largest absolute Gasteiger partial charge is 0.486 e. The second-order valence-electron chi connectivity index (χ2n) is 6.24. The summed E-state index contributed by atoms with van der Waals surface area (Å²) < 4.78 is 16.2. The SMILES string of the molecule is COC(=O)c1cc([N+](=O)[O-])cc([N+](=O)[O-])c1N(C)CC1COc2ccccc2O1. The Balaban J connectivity index is 1.97. The molecule has 2 aromatic rings. The number of hydrogen-bond donors (Lipinski definition) is 0. The third-order valence-corrected chi connectivity index (χ3v) is 4.31. The Bertz CT molecular complexity index is 978. The van der Waals surface area contributed by atoms with Crippen LogP contribution in [0, 0.1) is 20.2 Å². The van der Waals surface area contributed by atoms with Crippen LogP contribution in [0.1, 0.15) is 10.4 Å². The maximum atomic E-state index is 12.2. The first kappa shape index (κ1) is 19.9. The molecule has 0 saturated heterocycles. The van der Waals surface area contributed by atoms with E-state index < -0.39 is 33.3 Å². The zero-order chi connectivity index (χ0) is 21.1. The number of hydrogen-bond acceptors (Lipinski definition) is 9. The molecule has 0 N–H and O–H groups in total. The zero-order valence-electron chi connectivity index (χ0n) is 15.6. The molecule has 11 nitrogen and oxygen atoms in total. The molecule has 1 unspecified atom stereocenters. The number of carbonyl (C=O) groups excluding carboxylic acids is 1. The van der Waals surface area contributed by atoms with Gasteiger partial charge in [-0.05, 0) is 12.1 Å². The van der Waals surface area contributed by atoms with Crippen molar-refractivity contribution >= 4 is 23.0 Å². The molecule has 1 aliphatic heterocycles. The Labute approximate surface area is 164 Å². The summed E-state index contributed by atoms with van der Waals surface area (Å²) in [5.74, 6) is 0.191. The molecule has 0 bridgehead atoms. The number of nitrogens with zero attached hydrogens (tertiary/aromatic N) is 3. The number of carbonyl (C=O) groups is 1. The van der Waals surface area contributed by atoms with Crippen molar-refractivity contribution in [1.29, 1.82) is 0 Å². The molecular formula is C18H17N3O8. The van der Waals surface area contributed by atoms with Crippen LogP contribution in [0.3, 0.4) is 0 Å². The molecule has 0 aliphatic carbocycles. The molecule has 1 atom stereocenters. The van der Waals surface area contributed by atoms with Crippen LogP contribution in [0.5, 0.6) is 11.5 Å². The first-order valence-corrected chi connectivity index (χ1v) is 8.46. The van der Waals surface area contributed by atoms with Gasteiger partial charge < -0.3 is 19.1 Å². The Morgan fingerprint density at radius 1 is 1.21 bits per heavy atom. The fraction of sp³-hybridized carbons (Fsp3) is 0.278. The molecule has 152 valence electrons. The van der Waals surface area contributed by atoms with Crippen molar-refractivity contribution in [2.24, 2.45) is 0 Å². The number of nitro benzene ring substituents is 2. The lowest BCUT2D eigenvalue weighted by Gasteiger charge is -2.30. The molecule has 0 fully saturated rings. The predicted molar refractivity (Wildman–Crippen MR) is 101 cm³/mol. The summed E-state index contributed by atoms with van der Waals surface area (Å²) in [4.78, 5) is 34.7. The van der Waals surface area contributed by atoms with E-state index in [4.69, 9.17) is 9.47 Å². The van der Waals surface area contributed by atoms with Gasteiger partial charge in [0.15, 0.2) is 17.6 Å². The number of methoxy groups -OCH3 is 1. The van der Waals surface area contributed by atoms with Gasteiger partial charge in [-0.1, -0.05) is 12.1 Å². The average Bonchev–Trinajstić information content (AvgIpc) is 2.71. The lowest BCUT2D eigenvalue weighted by molar-refractivity contribution is -0.393. The van der Waals surface area contributed by atoms with Crippen LogP contribution in [0.15, 0.2) is 36.4 Å². The summed E-state index contributed by atoms with van der Waals surface area (Å²) in [5, 5.41) is 22.7. The molecule has 0 spiro atoms. The normalized spacial score (nSPS) is 14.8. The van der Waals surface area contributed by atoms with E-state index in [0.717, 1.165) is 19.2 Å². The van der Waals surface area contributed by atoms with Crippen LogP contribution in [0.2, 0.25) is 0 Å². The first-order chi connectivity index (χ1) is 13.8. The zero-order valence-corrected chi connectivity index (χ0v) is 15.6. The van der Waals surface area contributed by atoms with Gasteiger partial charge in [0.1, 0.15) is 12.3 Å². The van der Waals surface area contributed by atoms with Crippen molar-refractivity contribution in [2.75, 3.05) is 32.2 Å². The number of esters is 1. The monoisotopic (exact) mass is 403 g/mol. The van der Waals surface area contributed by atoms with Crippen LogP contribution in [0.4, 0.5) is 17.1 Å². The van der Waals surface area contributed by atoms with E-state index in [1.807, 2.05) is 0 Å². The Kier molecular flexibility index (Phi) is 5.48. The highest BCUT2D eigenvalue weighted by molar-refractivity contribution is 5.99. The smallest absolute Gasteiger partial charge is 0.340 e. The number of ether oxygens (including phenoxy) is 3. The van der Waals surface area contributed by atoms with Crippen LogP contribution in [0.25, 0.3) is 0 Å². The summed E-state index contributed by atoms with van der Waals surface area (Å²) in [6.45, 7) is 0.312. The number of non-ortho nitro benzene ring substituents is 1. The molecule has 11 heteroatoms. The van der Waals surface area contributed by atoms with E-state index in [1.54, 1.807) is 24.3 Å². The molecule has 3 rings (SSSR count). The van der Waals surface area contributed by atoms with Crippen molar-refractivity contribution < 1.29 is 28.9 Å². The van der Waals surface area contributed by atoms with Gasteiger partial charge in [0.2, 0.25) is 0 Å². The second-order valence-corrected chi connectivity index (χ2v) is 6.24. The third-order valence-electron chi connectivity index (χ3n) is 4.31. The minimum absolute atomic E-state index is 0.102. The first-order valence-electron chi connectivity index (χ1n) is 8.46. The highest BCUT2D eigenvalue weighted by Crippen LogP contribution is 2.37. The second kappa shape index (κ2) is 8.00. The molecule has 0 aromatic heterocycles. The fourth-order valence-electron chi connectivity index (χ4n) is 3.07. The quantitative estimate of drug-likeness (QED) is 0.405. The predicted octanol–water partition coefficient (Wildman–Crippen LogP) is 2.57. The molecule has 0 radical (unpaired) electrons. The summed E-state index contributed by atoms with van der Waals surface area (Å²) in [6.07, 6.45) is -0.491. The average molecular weight is 403 g/mol. The molecule has 0 amide bonds. The maximum absolute atomic E-state index is 12.2. The van der Waals surface area contributed by atoms with Crippen LogP contribution in [-0.4, -0.2) is 49.2 Å². The van der Waals surface area contributed by atoms with Crippen molar-refractivity contribution in [2.45, 2.75) is 6.10 Å². The highest BCUT2D eigenvalue weighted by atomic mass is 16.6. The van der Waals surface area contributed by atoms with E-state index in [1.165, 1.54) is 11.9 Å². The number of benzene rings is 2. The molecule has 1 heterocycles. The van der Waals surface area contributed by atoms with Crippen molar-refractivity contribution in [3.8, 4) is 11.5 Å². The van der Waals surface area contributed by atoms with Gasteiger partial charge in [-0.25, -0.2) is 4.79 Å². The molecule has 1 aliphatic rings. The molecule has 2 aromatic carbocycles. The van der Waals surface area contributed by atoms with Gasteiger partial charge in [0.25, 0.3) is 11.4 Å². The van der Waals surface area contributed by atoms with Crippen LogP contribution < -0.4 is 14.4 Å². The lowest BCUT2D eigenvalue weighted by atomic mass is 10.1. The Morgan fingerprint density at radius 2 is 1.90 bits per heavy atom. The van der Waals surface area contributed by atoms with E-state index >= 15 is 0 Å². The van der Waals surface area contributed by atoms with Crippen molar-refractivity contribution in [3.63, 3.8) is 0 Å². The van der Waals surface area contributed by atoms with Crippen molar-refractivity contribution in [1.82, 2.24) is 0 Å². The summed E-state index contributed by atoms with van der Waals surface area (Å²) in [5.41, 5.74) is -1.55. The van der Waals surface area contributed by atoms with E-state index in [-0.39, 0.29) is 24.4 Å². The molecule has 0 saturated carbocycles. The van der Waals surface area contributed by atoms with Gasteiger partial charge in [0.05, 0.1) is 35.1 Å². The van der Waals surface area contributed by atoms with E-state index in [9.17, 15) is 25.0 Å². The minimum atomic E-state index is -0.926. The topological polar surface area (TPSA) is 134 Å². The van der Waals surface area contributed by atoms with Gasteiger partial charge in [-0.2, -0.15) is 0 Å². The van der Waals surface area contributed by atoms with E-state index in [0.29, 0.717) is 11.5 Å². The van der Waals surface area contributed by atoms with Gasteiger partial charge in [-0.3, -0.25) is 20.2 Å². The van der Waals surface area contributed by atoms with Crippen LogP contribution in [-0.2, 0) is 4.74 Å². The lowest BCUT2D eigenvalue weighted by Crippen LogP contribution is -2.40. The summed E-state index contributed by atoms with van der Waals surface area (Å²) in [7, 11) is 2.61.